The van der Waals surface area contributed by atoms with Crippen LogP contribution in [0.15, 0.2) is 41.5 Å². The molecule has 3 aromatic rings. The molecule has 1 aromatic carbocycles. The molecule has 29 heavy (non-hydrogen) atoms. The van der Waals surface area contributed by atoms with Gasteiger partial charge in [-0.2, -0.15) is 8.78 Å². The molecule has 11 heteroatoms. The highest BCUT2D eigenvalue weighted by Gasteiger charge is 2.15. The molecule has 2 N–H and O–H groups in total. The highest BCUT2D eigenvalue weighted by Crippen LogP contribution is 2.34. The van der Waals surface area contributed by atoms with Crippen LogP contribution >= 0.6 is 23.2 Å². The maximum Gasteiger partial charge on any atom is 0.387 e. The van der Waals surface area contributed by atoms with E-state index in [0.29, 0.717) is 35.5 Å². The summed E-state index contributed by atoms with van der Waals surface area (Å²) in [7, 11) is 0. The number of aliphatic imine (C=N–C) groups is 1. The Bertz CT molecular complexity index is 1010. The van der Waals surface area contributed by atoms with Gasteiger partial charge in [-0.25, -0.2) is 4.99 Å². The summed E-state index contributed by atoms with van der Waals surface area (Å²) in [4.78, 5) is 4.41. The Morgan fingerprint density at radius 2 is 2.07 bits per heavy atom. The molecule has 0 saturated carbocycles. The van der Waals surface area contributed by atoms with E-state index in [4.69, 9.17) is 23.2 Å². The normalized spacial score (nSPS) is 11.9. The van der Waals surface area contributed by atoms with Gasteiger partial charge >= 0.3 is 6.61 Å². The number of aromatic nitrogens is 3. The van der Waals surface area contributed by atoms with Crippen LogP contribution in [0.3, 0.4) is 0 Å². The molecule has 0 aliphatic carbocycles. The summed E-state index contributed by atoms with van der Waals surface area (Å²) in [6, 6.07) is 8.44. The molecule has 0 atom stereocenters. The fraction of sp³-hybridized carbons (Fsp3) is 0.278. The van der Waals surface area contributed by atoms with E-state index in [1.165, 1.54) is 12.1 Å². The zero-order valence-electron chi connectivity index (χ0n) is 15.4. The zero-order chi connectivity index (χ0) is 20.8. The Hall–Kier alpha value is -2.65. The van der Waals surface area contributed by atoms with E-state index in [1.807, 2.05) is 35.7 Å². The van der Waals surface area contributed by atoms with E-state index in [-0.39, 0.29) is 17.3 Å². The third kappa shape index (κ3) is 5.45. The number of fused-ring (bicyclic) bond motifs is 1. The first kappa shape index (κ1) is 21.1. The maximum absolute atomic E-state index is 12.7. The average molecular weight is 443 g/mol. The van der Waals surface area contributed by atoms with Gasteiger partial charge in [0.15, 0.2) is 17.4 Å². The first-order valence-electron chi connectivity index (χ1n) is 8.71. The second kappa shape index (κ2) is 9.71. The van der Waals surface area contributed by atoms with Crippen LogP contribution in [-0.4, -0.2) is 33.7 Å². The molecule has 3 rings (SSSR count). The first-order valence-corrected chi connectivity index (χ1v) is 9.47. The van der Waals surface area contributed by atoms with Gasteiger partial charge in [0.1, 0.15) is 5.75 Å². The van der Waals surface area contributed by atoms with Crippen molar-refractivity contribution in [2.75, 3.05) is 6.54 Å². The molecule has 0 fully saturated rings. The van der Waals surface area contributed by atoms with Gasteiger partial charge in [-0.05, 0) is 31.2 Å². The fourth-order valence-corrected chi connectivity index (χ4v) is 3.21. The number of rotatable bonds is 7. The van der Waals surface area contributed by atoms with Crippen LogP contribution in [0.5, 0.6) is 5.75 Å². The zero-order valence-corrected chi connectivity index (χ0v) is 16.9. The van der Waals surface area contributed by atoms with Crippen LogP contribution in [0.1, 0.15) is 18.3 Å². The number of nitrogens with one attached hydrogen (secondary N) is 2. The second-order valence-electron chi connectivity index (χ2n) is 5.85. The molecular weight excluding hydrogens is 425 g/mol. The smallest absolute Gasteiger partial charge is 0.387 e. The summed E-state index contributed by atoms with van der Waals surface area (Å²) in [6.45, 7) is -0.121. The van der Waals surface area contributed by atoms with E-state index < -0.39 is 6.61 Å². The predicted octanol–water partition coefficient (Wildman–Crippen LogP) is 3.89. The van der Waals surface area contributed by atoms with Gasteiger partial charge in [0.05, 0.1) is 18.1 Å². The lowest BCUT2D eigenvalue weighted by molar-refractivity contribution is -0.0503. The molecule has 2 heterocycles. The summed E-state index contributed by atoms with van der Waals surface area (Å²) < 4.78 is 31.8. The number of ether oxygens (including phenoxy) is 1. The lowest BCUT2D eigenvalue weighted by atomic mass is 10.2. The van der Waals surface area contributed by atoms with Crippen molar-refractivity contribution >= 4 is 34.8 Å². The minimum atomic E-state index is -3.01. The molecule has 0 amide bonds. The standard InChI is InChI=1S/C18H18Cl2F2N6O/c1-2-23-18(25-10-15-27-26-14-5-3-4-6-28(14)15)24-9-11-7-12(19)8-13(20)16(11)29-17(21)22/h3-8,17H,2,9-10H2,1H3,(H2,23,24,25). The van der Waals surface area contributed by atoms with Crippen molar-refractivity contribution in [1.82, 2.24) is 25.2 Å². The molecule has 7 nitrogen and oxygen atoms in total. The highest BCUT2D eigenvalue weighted by molar-refractivity contribution is 6.35. The summed E-state index contributed by atoms with van der Waals surface area (Å²) >= 11 is 12.0. The maximum atomic E-state index is 12.7. The number of benzene rings is 1. The Morgan fingerprint density at radius 3 is 2.83 bits per heavy atom. The quantitative estimate of drug-likeness (QED) is 0.428. The van der Waals surface area contributed by atoms with Gasteiger partial charge in [0, 0.05) is 23.3 Å². The molecule has 0 bridgehead atoms. The lowest BCUT2D eigenvalue weighted by Gasteiger charge is -2.14. The van der Waals surface area contributed by atoms with Gasteiger partial charge in [0.25, 0.3) is 0 Å². The van der Waals surface area contributed by atoms with E-state index in [2.05, 4.69) is 30.6 Å². The monoisotopic (exact) mass is 442 g/mol. The van der Waals surface area contributed by atoms with Crippen molar-refractivity contribution in [3.63, 3.8) is 0 Å². The summed E-state index contributed by atoms with van der Waals surface area (Å²) in [5, 5.41) is 14.7. The number of halogens is 4. The average Bonchev–Trinajstić information content (AvgIpc) is 3.09. The number of hydrogen-bond donors (Lipinski definition) is 2. The minimum Gasteiger partial charge on any atom is -0.433 e. The number of hydrogen-bond acceptors (Lipinski definition) is 4. The van der Waals surface area contributed by atoms with Crippen molar-refractivity contribution in [3.8, 4) is 5.75 Å². The van der Waals surface area contributed by atoms with Crippen LogP contribution < -0.4 is 15.4 Å². The van der Waals surface area contributed by atoms with Crippen molar-refractivity contribution < 1.29 is 13.5 Å². The Kier molecular flexibility index (Phi) is 7.05. The van der Waals surface area contributed by atoms with Crippen molar-refractivity contribution in [2.45, 2.75) is 26.6 Å². The van der Waals surface area contributed by atoms with Gasteiger partial charge in [-0.3, -0.25) is 4.40 Å². The van der Waals surface area contributed by atoms with Crippen LogP contribution in [0.25, 0.3) is 5.65 Å². The first-order chi connectivity index (χ1) is 14.0. The largest absolute Gasteiger partial charge is 0.433 e. The molecule has 2 aromatic heterocycles. The summed E-state index contributed by atoms with van der Waals surface area (Å²) in [6.07, 6.45) is 1.86. The molecular formula is C18H18Cl2F2N6O. The Balaban J connectivity index is 1.77. The lowest BCUT2D eigenvalue weighted by Crippen LogP contribution is -2.37. The van der Waals surface area contributed by atoms with Crippen molar-refractivity contribution in [3.05, 3.63) is 58.0 Å². The number of guanidine groups is 1. The van der Waals surface area contributed by atoms with Crippen LogP contribution in [0, 0.1) is 0 Å². The molecule has 0 radical (unpaired) electrons. The molecule has 0 aliphatic heterocycles. The molecule has 154 valence electrons. The fourth-order valence-electron chi connectivity index (χ4n) is 2.63. The molecule has 0 spiro atoms. The van der Waals surface area contributed by atoms with Gasteiger partial charge in [0.2, 0.25) is 0 Å². The van der Waals surface area contributed by atoms with E-state index in [0.717, 1.165) is 5.65 Å². The second-order valence-corrected chi connectivity index (χ2v) is 6.69. The highest BCUT2D eigenvalue weighted by atomic mass is 35.5. The van der Waals surface area contributed by atoms with Crippen molar-refractivity contribution in [1.29, 1.82) is 0 Å². The number of nitrogens with zero attached hydrogens (tertiary/aromatic N) is 4. The van der Waals surface area contributed by atoms with E-state index in [1.54, 1.807) is 0 Å². The Morgan fingerprint density at radius 1 is 1.24 bits per heavy atom. The minimum absolute atomic E-state index is 0.00381. The van der Waals surface area contributed by atoms with E-state index >= 15 is 0 Å². The van der Waals surface area contributed by atoms with E-state index in [9.17, 15) is 8.78 Å². The molecule has 0 saturated heterocycles. The SMILES string of the molecule is CCNC(=NCc1cc(Cl)cc(Cl)c1OC(F)F)NCc1nnc2ccccn12. The Labute approximate surface area is 175 Å². The number of alkyl halides is 2. The van der Waals surface area contributed by atoms with Gasteiger partial charge in [-0.1, -0.05) is 29.3 Å². The van der Waals surface area contributed by atoms with Crippen LogP contribution in [0.4, 0.5) is 8.78 Å². The summed E-state index contributed by atoms with van der Waals surface area (Å²) in [5.74, 6) is 1.01. The molecule has 0 unspecified atom stereocenters. The molecule has 0 aliphatic rings. The van der Waals surface area contributed by atoms with Crippen molar-refractivity contribution in [2.24, 2.45) is 4.99 Å². The summed E-state index contributed by atoms with van der Waals surface area (Å²) in [5.41, 5.74) is 1.07. The van der Waals surface area contributed by atoms with Crippen LogP contribution in [0.2, 0.25) is 10.0 Å². The van der Waals surface area contributed by atoms with Gasteiger partial charge < -0.3 is 15.4 Å². The number of pyridine rings is 1. The predicted molar refractivity (Wildman–Crippen MR) is 108 cm³/mol. The van der Waals surface area contributed by atoms with Crippen LogP contribution in [-0.2, 0) is 13.1 Å². The van der Waals surface area contributed by atoms with Gasteiger partial charge in [-0.15, -0.1) is 10.2 Å². The third-order valence-electron chi connectivity index (χ3n) is 3.84. The topological polar surface area (TPSA) is 75.8 Å². The third-order valence-corrected chi connectivity index (χ3v) is 4.34.